The third-order valence-corrected chi connectivity index (χ3v) is 8.36. The molecule has 0 radical (unpaired) electrons. The molecule has 0 amide bonds. The zero-order valence-corrected chi connectivity index (χ0v) is 31.4. The summed E-state index contributed by atoms with van der Waals surface area (Å²) in [6, 6.07) is 0. The Bertz CT molecular complexity index is 954. The van der Waals surface area contributed by atoms with Gasteiger partial charge in [0.25, 0.3) is 0 Å². The summed E-state index contributed by atoms with van der Waals surface area (Å²) in [5.74, 6) is -0.536. The summed E-state index contributed by atoms with van der Waals surface area (Å²) in [4.78, 5) is 30.4. The van der Waals surface area contributed by atoms with E-state index in [9.17, 15) is 19.6 Å². The number of phosphoric ester groups is 1. The first-order valence-corrected chi connectivity index (χ1v) is 20.3. The fourth-order valence-corrected chi connectivity index (χ4v) is 5.28. The second kappa shape index (κ2) is 34.4. The molecule has 0 aliphatic rings. The SMILES string of the molecule is CC/C=C\C/C=C\C/C=C\C/C=C\C[C@H](O)[C@@H](O)CCCC(=O)OC[C@H](COP(=O)(O)O)O/C=C/CCCCCCCCCCCCCC. The number of rotatable bonds is 34. The average molecular weight is 713 g/mol. The molecule has 0 aliphatic heterocycles. The van der Waals surface area contributed by atoms with Crippen molar-refractivity contribution in [1.82, 2.24) is 0 Å². The number of carbonyl (C=O) groups is 1. The van der Waals surface area contributed by atoms with Crippen LogP contribution in [0.5, 0.6) is 0 Å². The first-order chi connectivity index (χ1) is 23.7. The molecule has 9 nitrogen and oxygen atoms in total. The largest absolute Gasteiger partial charge is 0.492 e. The molecule has 10 heteroatoms. The van der Waals surface area contributed by atoms with E-state index in [0.29, 0.717) is 12.8 Å². The highest BCUT2D eigenvalue weighted by Gasteiger charge is 2.21. The van der Waals surface area contributed by atoms with Crippen LogP contribution in [0.2, 0.25) is 0 Å². The first-order valence-electron chi connectivity index (χ1n) is 18.8. The molecule has 284 valence electrons. The van der Waals surface area contributed by atoms with Gasteiger partial charge < -0.3 is 29.5 Å². The van der Waals surface area contributed by atoms with E-state index in [1.165, 1.54) is 70.5 Å². The maximum Gasteiger partial charge on any atom is 0.469 e. The van der Waals surface area contributed by atoms with Gasteiger partial charge in [-0.05, 0) is 63.9 Å². The van der Waals surface area contributed by atoms with Crippen LogP contribution < -0.4 is 0 Å². The minimum Gasteiger partial charge on any atom is -0.492 e. The second-order valence-electron chi connectivity index (χ2n) is 12.5. The van der Waals surface area contributed by atoms with Gasteiger partial charge in [0.05, 0.1) is 25.1 Å². The van der Waals surface area contributed by atoms with Gasteiger partial charge in [0, 0.05) is 6.42 Å². The molecule has 0 rings (SSSR count). The molecule has 0 saturated carbocycles. The maximum absolute atomic E-state index is 12.3. The summed E-state index contributed by atoms with van der Waals surface area (Å²) < 4.78 is 26.5. The minimum atomic E-state index is -4.71. The van der Waals surface area contributed by atoms with Crippen LogP contribution in [0.4, 0.5) is 0 Å². The Balaban J connectivity index is 4.17. The van der Waals surface area contributed by atoms with Gasteiger partial charge in [0.2, 0.25) is 0 Å². The molecule has 0 spiro atoms. The summed E-state index contributed by atoms with van der Waals surface area (Å²) in [7, 11) is -4.71. The van der Waals surface area contributed by atoms with E-state index in [2.05, 4.69) is 54.8 Å². The Morgan fingerprint density at radius 2 is 1.18 bits per heavy atom. The average Bonchev–Trinajstić information content (AvgIpc) is 3.07. The predicted molar refractivity (Wildman–Crippen MR) is 200 cm³/mol. The molecule has 0 aromatic rings. The third kappa shape index (κ3) is 35.6. The number of ether oxygens (including phenoxy) is 2. The minimum absolute atomic E-state index is 0.0224. The number of aliphatic hydroxyl groups is 2. The highest BCUT2D eigenvalue weighted by molar-refractivity contribution is 7.46. The third-order valence-electron chi connectivity index (χ3n) is 7.87. The van der Waals surface area contributed by atoms with Gasteiger partial charge in [-0.3, -0.25) is 9.32 Å². The van der Waals surface area contributed by atoms with Crippen molar-refractivity contribution in [3.05, 3.63) is 60.9 Å². The summed E-state index contributed by atoms with van der Waals surface area (Å²) in [5, 5.41) is 20.5. The maximum atomic E-state index is 12.3. The normalized spacial score (nSPS) is 14.6. The fraction of sp³-hybridized carbons (Fsp3) is 0.718. The second-order valence-corrected chi connectivity index (χ2v) is 13.8. The Kier molecular flexibility index (Phi) is 33.0. The molecule has 0 fully saturated rings. The number of phosphoric acid groups is 1. The van der Waals surface area contributed by atoms with Crippen LogP contribution >= 0.6 is 7.82 Å². The van der Waals surface area contributed by atoms with Gasteiger partial charge in [-0.15, -0.1) is 0 Å². The van der Waals surface area contributed by atoms with E-state index in [4.69, 9.17) is 19.3 Å². The van der Waals surface area contributed by atoms with Crippen molar-refractivity contribution in [3.8, 4) is 0 Å². The zero-order valence-electron chi connectivity index (χ0n) is 30.5. The molecule has 0 heterocycles. The molecule has 0 saturated heterocycles. The van der Waals surface area contributed by atoms with Gasteiger partial charge in [-0.2, -0.15) is 0 Å². The van der Waals surface area contributed by atoms with Crippen molar-refractivity contribution in [2.45, 2.75) is 167 Å². The Morgan fingerprint density at radius 1 is 0.653 bits per heavy atom. The van der Waals surface area contributed by atoms with Gasteiger partial charge in [0.1, 0.15) is 6.61 Å². The highest BCUT2D eigenvalue weighted by Crippen LogP contribution is 2.35. The lowest BCUT2D eigenvalue weighted by Gasteiger charge is -2.18. The molecule has 0 aromatic heterocycles. The summed E-state index contributed by atoms with van der Waals surface area (Å²) >= 11 is 0. The standard InChI is InChI=1S/C39H69O9P/c1-3-5-7-9-11-13-15-17-18-20-22-24-26-28-33-46-36(35-48-49(43,44)45)34-47-39(42)32-29-31-38(41)37(40)30-27-25-23-21-19-16-14-12-10-8-6-4-2/h6,8,12,14,19,21,25,27-28,33,36-38,40-41H,3-5,7,9-11,13,15-18,20,22-24,26,29-32,34-35H2,1-2H3,(H2,43,44,45)/b8-6-,14-12-,21-19-,27-25-,33-28+/t36-,37+,38+/m1/s1. The van der Waals surface area contributed by atoms with Gasteiger partial charge in [-0.25, -0.2) is 4.57 Å². The molecular weight excluding hydrogens is 643 g/mol. The van der Waals surface area contributed by atoms with Crippen molar-refractivity contribution < 1.29 is 43.4 Å². The van der Waals surface area contributed by atoms with Crippen molar-refractivity contribution >= 4 is 13.8 Å². The lowest BCUT2D eigenvalue weighted by molar-refractivity contribution is -0.147. The number of carbonyl (C=O) groups excluding carboxylic acids is 1. The quantitative estimate of drug-likeness (QED) is 0.0169. The Labute approximate surface area is 297 Å². The predicted octanol–water partition coefficient (Wildman–Crippen LogP) is 9.72. The zero-order chi connectivity index (χ0) is 36.3. The van der Waals surface area contributed by atoms with E-state index in [0.717, 1.165) is 44.9 Å². The van der Waals surface area contributed by atoms with Crippen LogP contribution in [-0.4, -0.2) is 57.5 Å². The smallest absolute Gasteiger partial charge is 0.469 e. The molecule has 0 aromatic carbocycles. The van der Waals surface area contributed by atoms with Crippen LogP contribution in [0.1, 0.15) is 149 Å². The lowest BCUT2D eigenvalue weighted by atomic mass is 10.0. The van der Waals surface area contributed by atoms with Crippen LogP contribution in [0.25, 0.3) is 0 Å². The molecular formula is C39H69O9P. The Hall–Kier alpha value is -2.00. The summed E-state index contributed by atoms with van der Waals surface area (Å²) in [6.45, 7) is 3.68. The van der Waals surface area contributed by atoms with Crippen molar-refractivity contribution in [2.24, 2.45) is 0 Å². The van der Waals surface area contributed by atoms with Crippen LogP contribution in [0, 0.1) is 0 Å². The fourth-order valence-electron chi connectivity index (χ4n) is 4.92. The molecule has 4 N–H and O–H groups in total. The van der Waals surface area contributed by atoms with E-state index in [-0.39, 0.29) is 19.4 Å². The van der Waals surface area contributed by atoms with Gasteiger partial charge in [0.15, 0.2) is 6.10 Å². The lowest BCUT2D eigenvalue weighted by Crippen LogP contribution is -2.26. The molecule has 0 bridgehead atoms. The van der Waals surface area contributed by atoms with E-state index < -0.39 is 38.7 Å². The number of aliphatic hydroxyl groups excluding tert-OH is 2. The molecule has 0 unspecified atom stereocenters. The first kappa shape index (κ1) is 47.0. The molecule has 3 atom stereocenters. The van der Waals surface area contributed by atoms with Crippen LogP contribution in [0.15, 0.2) is 60.9 Å². The number of allylic oxidation sites excluding steroid dienone is 8. The van der Waals surface area contributed by atoms with Crippen LogP contribution in [-0.2, 0) is 23.4 Å². The van der Waals surface area contributed by atoms with Crippen molar-refractivity contribution in [1.29, 1.82) is 0 Å². The number of hydrogen-bond acceptors (Lipinski definition) is 7. The van der Waals surface area contributed by atoms with E-state index in [1.54, 1.807) is 0 Å². The molecule has 49 heavy (non-hydrogen) atoms. The van der Waals surface area contributed by atoms with Crippen molar-refractivity contribution in [2.75, 3.05) is 13.2 Å². The number of hydrogen-bond donors (Lipinski definition) is 4. The topological polar surface area (TPSA) is 143 Å². The number of unbranched alkanes of at least 4 members (excludes halogenated alkanes) is 12. The van der Waals surface area contributed by atoms with Crippen molar-refractivity contribution in [3.63, 3.8) is 0 Å². The Morgan fingerprint density at radius 3 is 1.73 bits per heavy atom. The van der Waals surface area contributed by atoms with E-state index in [1.807, 2.05) is 18.2 Å². The molecule has 0 aliphatic carbocycles. The van der Waals surface area contributed by atoms with Gasteiger partial charge in [-0.1, -0.05) is 133 Å². The summed E-state index contributed by atoms with van der Waals surface area (Å²) in [6.07, 6.45) is 37.7. The van der Waals surface area contributed by atoms with Crippen LogP contribution in [0.3, 0.4) is 0 Å². The monoisotopic (exact) mass is 712 g/mol. The summed E-state index contributed by atoms with van der Waals surface area (Å²) in [5.41, 5.74) is 0. The van der Waals surface area contributed by atoms with Gasteiger partial charge >= 0.3 is 13.8 Å². The van der Waals surface area contributed by atoms with E-state index >= 15 is 0 Å². The highest BCUT2D eigenvalue weighted by atomic mass is 31.2. The number of esters is 1.